The minimum absolute atomic E-state index is 0.216. The number of benzene rings is 2. The van der Waals surface area contributed by atoms with Crippen LogP contribution < -0.4 is 5.73 Å². The molecule has 6 heteroatoms. The largest absolute Gasteiger partial charge is 0.504 e. The average molecular weight is 336 g/mol. The standard InChI is InChI=1S/C16H14ClNO3S/c17-12-4-1-10(2-5-12)9-22-15(16(18)21)8-11-3-6-13(19)14(20)7-11/h1-8,19-20H,9H2,(H2,18,21)/b15-8+. The molecule has 0 spiro atoms. The fraction of sp³-hybridized carbons (Fsp3) is 0.0625. The van der Waals surface area contributed by atoms with Crippen LogP contribution in [0.3, 0.4) is 0 Å². The number of phenols is 2. The zero-order valence-electron chi connectivity index (χ0n) is 11.5. The van der Waals surface area contributed by atoms with Crippen molar-refractivity contribution in [1.82, 2.24) is 0 Å². The number of thioether (sulfide) groups is 1. The SMILES string of the molecule is NC(=O)/C(=C\c1ccc(O)c(O)c1)SCc1ccc(Cl)cc1. The van der Waals surface area contributed by atoms with E-state index in [-0.39, 0.29) is 11.5 Å². The van der Waals surface area contributed by atoms with E-state index in [0.717, 1.165) is 5.56 Å². The number of halogens is 1. The highest BCUT2D eigenvalue weighted by Gasteiger charge is 2.08. The first-order valence-corrected chi connectivity index (χ1v) is 7.73. The highest BCUT2D eigenvalue weighted by atomic mass is 35.5. The van der Waals surface area contributed by atoms with Crippen LogP contribution in [0.4, 0.5) is 0 Å². The fourth-order valence-corrected chi connectivity index (χ4v) is 2.71. The maximum absolute atomic E-state index is 11.5. The van der Waals surface area contributed by atoms with Crippen LogP contribution in [0, 0.1) is 0 Å². The van der Waals surface area contributed by atoms with Crippen molar-refractivity contribution in [2.24, 2.45) is 5.73 Å². The predicted octanol–water partition coefficient (Wildman–Crippen LogP) is 3.51. The minimum atomic E-state index is -0.550. The Balaban J connectivity index is 2.15. The Kier molecular flexibility index (Phi) is 5.35. The number of carbonyl (C=O) groups excluding carboxylic acids is 1. The molecule has 1 amide bonds. The molecule has 4 nitrogen and oxygen atoms in total. The quantitative estimate of drug-likeness (QED) is 0.576. The van der Waals surface area contributed by atoms with Crippen LogP contribution in [-0.2, 0) is 10.5 Å². The Morgan fingerprint density at radius 3 is 2.41 bits per heavy atom. The number of phenolic OH excluding ortho intramolecular Hbond substituents is 2. The van der Waals surface area contributed by atoms with E-state index >= 15 is 0 Å². The number of aromatic hydroxyl groups is 2. The van der Waals surface area contributed by atoms with Gasteiger partial charge in [0.1, 0.15) is 0 Å². The lowest BCUT2D eigenvalue weighted by molar-refractivity contribution is -0.113. The maximum Gasteiger partial charge on any atom is 0.255 e. The van der Waals surface area contributed by atoms with Crippen molar-refractivity contribution >= 4 is 35.3 Å². The third-order valence-electron chi connectivity index (χ3n) is 2.85. The number of rotatable bonds is 5. The van der Waals surface area contributed by atoms with E-state index in [9.17, 15) is 15.0 Å². The number of hydrogen-bond donors (Lipinski definition) is 3. The summed E-state index contributed by atoms with van der Waals surface area (Å²) in [6.07, 6.45) is 1.57. The molecule has 0 saturated carbocycles. The van der Waals surface area contributed by atoms with Crippen molar-refractivity contribution in [3.63, 3.8) is 0 Å². The Labute approximate surface area is 137 Å². The maximum atomic E-state index is 11.5. The summed E-state index contributed by atoms with van der Waals surface area (Å²) in [7, 11) is 0. The molecule has 0 aliphatic heterocycles. The summed E-state index contributed by atoms with van der Waals surface area (Å²) in [5.41, 5.74) is 6.97. The summed E-state index contributed by atoms with van der Waals surface area (Å²) in [5.74, 6) is -0.450. The second kappa shape index (κ2) is 7.24. The van der Waals surface area contributed by atoms with Gasteiger partial charge in [-0.3, -0.25) is 4.79 Å². The van der Waals surface area contributed by atoms with Gasteiger partial charge < -0.3 is 15.9 Å². The monoisotopic (exact) mass is 335 g/mol. The summed E-state index contributed by atoms with van der Waals surface area (Å²) in [4.78, 5) is 11.9. The fourth-order valence-electron chi connectivity index (χ4n) is 1.71. The van der Waals surface area contributed by atoms with Crippen LogP contribution in [0.15, 0.2) is 47.4 Å². The molecule has 0 aromatic heterocycles. The molecule has 0 atom stereocenters. The molecule has 0 radical (unpaired) electrons. The van der Waals surface area contributed by atoms with E-state index in [1.165, 1.54) is 23.9 Å². The summed E-state index contributed by atoms with van der Waals surface area (Å²) >= 11 is 7.12. The third kappa shape index (κ3) is 4.44. The molecule has 22 heavy (non-hydrogen) atoms. The highest BCUT2D eigenvalue weighted by Crippen LogP contribution is 2.28. The number of carbonyl (C=O) groups is 1. The van der Waals surface area contributed by atoms with Crippen LogP contribution in [0.25, 0.3) is 6.08 Å². The topological polar surface area (TPSA) is 83.6 Å². The Morgan fingerprint density at radius 2 is 1.82 bits per heavy atom. The molecule has 0 fully saturated rings. The van der Waals surface area contributed by atoms with Crippen molar-refractivity contribution in [1.29, 1.82) is 0 Å². The Morgan fingerprint density at radius 1 is 1.14 bits per heavy atom. The molecule has 0 aliphatic rings. The molecular weight excluding hydrogens is 322 g/mol. The first-order valence-electron chi connectivity index (χ1n) is 6.36. The number of hydrogen-bond acceptors (Lipinski definition) is 4. The van der Waals surface area contributed by atoms with Gasteiger partial charge in [-0.1, -0.05) is 29.8 Å². The van der Waals surface area contributed by atoms with Gasteiger partial charge in [0.15, 0.2) is 11.5 Å². The lowest BCUT2D eigenvalue weighted by atomic mass is 10.2. The Bertz CT molecular complexity index is 714. The lowest BCUT2D eigenvalue weighted by Crippen LogP contribution is -2.11. The van der Waals surface area contributed by atoms with Crippen molar-refractivity contribution in [3.8, 4) is 11.5 Å². The number of amides is 1. The van der Waals surface area contributed by atoms with E-state index in [1.807, 2.05) is 12.1 Å². The van der Waals surface area contributed by atoms with E-state index in [4.69, 9.17) is 17.3 Å². The van der Waals surface area contributed by atoms with Gasteiger partial charge in [-0.25, -0.2) is 0 Å². The highest BCUT2D eigenvalue weighted by molar-refractivity contribution is 8.03. The number of primary amides is 1. The van der Waals surface area contributed by atoms with E-state index in [2.05, 4.69) is 0 Å². The van der Waals surface area contributed by atoms with Gasteiger partial charge in [-0.15, -0.1) is 11.8 Å². The van der Waals surface area contributed by atoms with Crippen LogP contribution in [0.2, 0.25) is 5.02 Å². The first kappa shape index (κ1) is 16.3. The van der Waals surface area contributed by atoms with Gasteiger partial charge in [0.2, 0.25) is 0 Å². The summed E-state index contributed by atoms with van der Waals surface area (Å²) in [6, 6.07) is 11.6. The molecule has 0 aliphatic carbocycles. The molecule has 2 aromatic carbocycles. The predicted molar refractivity (Wildman–Crippen MR) is 89.7 cm³/mol. The molecular formula is C16H14ClNO3S. The summed E-state index contributed by atoms with van der Waals surface area (Å²) in [6.45, 7) is 0. The molecule has 2 rings (SSSR count). The smallest absolute Gasteiger partial charge is 0.255 e. The van der Waals surface area contributed by atoms with Crippen molar-refractivity contribution < 1.29 is 15.0 Å². The van der Waals surface area contributed by atoms with Gasteiger partial charge >= 0.3 is 0 Å². The van der Waals surface area contributed by atoms with Crippen molar-refractivity contribution in [2.45, 2.75) is 5.75 Å². The van der Waals surface area contributed by atoms with Gasteiger partial charge in [0.05, 0.1) is 4.91 Å². The molecule has 114 valence electrons. The molecule has 2 aromatic rings. The van der Waals surface area contributed by atoms with Crippen LogP contribution >= 0.6 is 23.4 Å². The lowest BCUT2D eigenvalue weighted by Gasteiger charge is -2.05. The van der Waals surface area contributed by atoms with Crippen LogP contribution in [-0.4, -0.2) is 16.1 Å². The zero-order chi connectivity index (χ0) is 16.1. The normalized spacial score (nSPS) is 11.4. The summed E-state index contributed by atoms with van der Waals surface area (Å²) < 4.78 is 0. The average Bonchev–Trinajstić information content (AvgIpc) is 2.48. The van der Waals surface area contributed by atoms with E-state index in [0.29, 0.717) is 21.2 Å². The molecule has 4 N–H and O–H groups in total. The van der Waals surface area contributed by atoms with Gasteiger partial charge in [0, 0.05) is 10.8 Å². The van der Waals surface area contributed by atoms with Crippen LogP contribution in [0.5, 0.6) is 11.5 Å². The molecule has 0 saturated heterocycles. The van der Waals surface area contributed by atoms with Gasteiger partial charge in [0.25, 0.3) is 5.91 Å². The second-order valence-corrected chi connectivity index (χ2v) is 5.99. The minimum Gasteiger partial charge on any atom is -0.504 e. The Hall–Kier alpha value is -2.11. The zero-order valence-corrected chi connectivity index (χ0v) is 13.1. The van der Waals surface area contributed by atoms with Crippen molar-refractivity contribution in [3.05, 3.63) is 63.5 Å². The second-order valence-electron chi connectivity index (χ2n) is 4.54. The van der Waals surface area contributed by atoms with Crippen LogP contribution in [0.1, 0.15) is 11.1 Å². The third-order valence-corrected chi connectivity index (χ3v) is 4.21. The van der Waals surface area contributed by atoms with Crippen molar-refractivity contribution in [2.75, 3.05) is 0 Å². The molecule has 0 bridgehead atoms. The summed E-state index contributed by atoms with van der Waals surface area (Å²) in [5, 5.41) is 19.4. The number of nitrogens with two attached hydrogens (primary N) is 1. The van der Waals surface area contributed by atoms with E-state index < -0.39 is 5.91 Å². The molecule has 0 heterocycles. The van der Waals surface area contributed by atoms with E-state index in [1.54, 1.807) is 24.3 Å². The van der Waals surface area contributed by atoms with Gasteiger partial charge in [-0.05, 0) is 41.5 Å². The van der Waals surface area contributed by atoms with Gasteiger partial charge in [-0.2, -0.15) is 0 Å². The first-order chi connectivity index (χ1) is 10.5. The molecule has 0 unspecified atom stereocenters.